The summed E-state index contributed by atoms with van der Waals surface area (Å²) in [6, 6.07) is 14.0. The Kier molecular flexibility index (Phi) is 4.39. The lowest BCUT2D eigenvalue weighted by atomic mass is 9.90. The normalized spacial score (nSPS) is 22.6. The summed E-state index contributed by atoms with van der Waals surface area (Å²) in [5.74, 6) is 1.60. The van der Waals surface area contributed by atoms with Gasteiger partial charge in [-0.25, -0.2) is 5.01 Å². The molecule has 152 valence electrons. The highest BCUT2D eigenvalue weighted by Crippen LogP contribution is 2.50. The van der Waals surface area contributed by atoms with Gasteiger partial charge in [0.2, 0.25) is 5.72 Å². The molecule has 1 N–H and O–H groups in total. The minimum Gasteiger partial charge on any atom is -0.504 e. The quantitative estimate of drug-likeness (QED) is 0.861. The van der Waals surface area contributed by atoms with E-state index in [1.807, 2.05) is 18.2 Å². The van der Waals surface area contributed by atoms with Crippen LogP contribution in [0.1, 0.15) is 43.4 Å². The minimum absolute atomic E-state index is 0.143. The molecular weight excluding hydrogens is 366 g/mol. The summed E-state index contributed by atoms with van der Waals surface area (Å²) < 4.78 is 11.9. The molecule has 0 radical (unpaired) electrons. The molecule has 3 heterocycles. The molecule has 5 rings (SSSR count). The number of rotatable bonds is 3. The van der Waals surface area contributed by atoms with Gasteiger partial charge in [-0.2, -0.15) is 5.10 Å². The largest absolute Gasteiger partial charge is 0.504 e. The Morgan fingerprint density at radius 1 is 1.21 bits per heavy atom. The zero-order chi connectivity index (χ0) is 20.0. The van der Waals surface area contributed by atoms with Crippen LogP contribution in [0.2, 0.25) is 0 Å². The fourth-order valence-corrected chi connectivity index (χ4v) is 4.81. The predicted molar refractivity (Wildman–Crippen MR) is 112 cm³/mol. The third-order valence-electron chi connectivity index (χ3n) is 6.50. The number of hydrogen-bond donors (Lipinski definition) is 1. The number of phenolic OH excluding ortho intramolecular Hbond substituents is 1. The van der Waals surface area contributed by atoms with Crippen molar-refractivity contribution in [2.24, 2.45) is 5.10 Å². The van der Waals surface area contributed by atoms with Crippen molar-refractivity contribution in [3.8, 4) is 17.2 Å². The van der Waals surface area contributed by atoms with Crippen LogP contribution < -0.4 is 9.47 Å². The molecule has 1 spiro atoms. The summed E-state index contributed by atoms with van der Waals surface area (Å²) >= 11 is 0. The number of piperidine rings is 1. The number of fused-ring (bicyclic) bond motifs is 4. The van der Waals surface area contributed by atoms with E-state index < -0.39 is 5.72 Å². The first-order chi connectivity index (χ1) is 14.1. The Bertz CT molecular complexity index is 950. The van der Waals surface area contributed by atoms with E-state index in [4.69, 9.17) is 14.6 Å². The number of hydrazone groups is 1. The van der Waals surface area contributed by atoms with Crippen LogP contribution in [0.5, 0.6) is 17.2 Å². The van der Waals surface area contributed by atoms with Gasteiger partial charge in [-0.15, -0.1) is 0 Å². The van der Waals surface area contributed by atoms with E-state index in [1.165, 1.54) is 5.56 Å². The van der Waals surface area contributed by atoms with E-state index >= 15 is 0 Å². The monoisotopic (exact) mass is 393 g/mol. The second-order valence-corrected chi connectivity index (χ2v) is 8.02. The van der Waals surface area contributed by atoms with Crippen LogP contribution in [0.15, 0.2) is 47.6 Å². The fourth-order valence-electron chi connectivity index (χ4n) is 4.81. The summed E-state index contributed by atoms with van der Waals surface area (Å²) in [4.78, 5) is 2.47. The van der Waals surface area contributed by atoms with Crippen molar-refractivity contribution in [2.45, 2.75) is 38.0 Å². The number of likely N-dealkylation sites (tertiary alicyclic amines) is 1. The predicted octanol–water partition coefficient (Wildman–Crippen LogP) is 3.76. The zero-order valence-corrected chi connectivity index (χ0v) is 17.0. The van der Waals surface area contributed by atoms with Crippen LogP contribution in [-0.2, 0) is 0 Å². The van der Waals surface area contributed by atoms with Crippen molar-refractivity contribution in [3.05, 3.63) is 53.6 Å². The Balaban J connectivity index is 1.54. The van der Waals surface area contributed by atoms with Crippen LogP contribution >= 0.6 is 0 Å². The minimum atomic E-state index is -0.395. The molecule has 1 atom stereocenters. The van der Waals surface area contributed by atoms with Gasteiger partial charge in [0.05, 0.1) is 18.9 Å². The lowest BCUT2D eigenvalue weighted by Crippen LogP contribution is -2.59. The van der Waals surface area contributed by atoms with Gasteiger partial charge in [-0.3, -0.25) is 0 Å². The van der Waals surface area contributed by atoms with Gasteiger partial charge in [-0.05, 0) is 30.8 Å². The van der Waals surface area contributed by atoms with Crippen molar-refractivity contribution in [1.29, 1.82) is 0 Å². The van der Waals surface area contributed by atoms with Gasteiger partial charge in [0, 0.05) is 43.5 Å². The van der Waals surface area contributed by atoms with Gasteiger partial charge >= 0.3 is 0 Å². The van der Waals surface area contributed by atoms with Gasteiger partial charge in [-0.1, -0.05) is 25.1 Å². The molecule has 0 aliphatic carbocycles. The number of methoxy groups -OCH3 is 1. The molecule has 0 aromatic heterocycles. The van der Waals surface area contributed by atoms with E-state index in [2.05, 4.69) is 35.0 Å². The van der Waals surface area contributed by atoms with Crippen LogP contribution in [0.25, 0.3) is 0 Å². The third kappa shape index (κ3) is 2.94. The molecule has 3 aliphatic heterocycles. The number of ether oxygens (including phenoxy) is 2. The Labute approximate surface area is 171 Å². The average molecular weight is 393 g/mol. The summed E-state index contributed by atoms with van der Waals surface area (Å²) in [6.45, 7) is 5.31. The number of para-hydroxylation sites is 1. The summed E-state index contributed by atoms with van der Waals surface area (Å²) in [5.41, 5.74) is 2.78. The van der Waals surface area contributed by atoms with E-state index in [9.17, 15) is 5.11 Å². The lowest BCUT2D eigenvalue weighted by molar-refractivity contribution is -0.149. The van der Waals surface area contributed by atoms with E-state index in [1.54, 1.807) is 13.2 Å². The molecule has 3 aliphatic rings. The van der Waals surface area contributed by atoms with Crippen molar-refractivity contribution in [2.75, 3.05) is 26.7 Å². The number of aromatic hydroxyl groups is 1. The maximum absolute atomic E-state index is 9.96. The Hall–Kier alpha value is -2.73. The van der Waals surface area contributed by atoms with Gasteiger partial charge in [0.15, 0.2) is 11.5 Å². The first-order valence-electron chi connectivity index (χ1n) is 10.4. The highest BCUT2D eigenvalue weighted by atomic mass is 16.5. The maximum atomic E-state index is 9.96. The van der Waals surface area contributed by atoms with Crippen LogP contribution in [-0.4, -0.2) is 53.2 Å². The first kappa shape index (κ1) is 18.3. The third-order valence-corrected chi connectivity index (χ3v) is 6.50. The van der Waals surface area contributed by atoms with Crippen LogP contribution in [0.3, 0.4) is 0 Å². The molecule has 2 aromatic carbocycles. The summed E-state index contributed by atoms with van der Waals surface area (Å²) in [6.07, 6.45) is 2.68. The highest BCUT2D eigenvalue weighted by Gasteiger charge is 2.51. The number of hydrogen-bond acceptors (Lipinski definition) is 6. The van der Waals surface area contributed by atoms with Gasteiger partial charge < -0.3 is 19.5 Å². The van der Waals surface area contributed by atoms with Crippen LogP contribution in [0, 0.1) is 0 Å². The van der Waals surface area contributed by atoms with Crippen molar-refractivity contribution in [3.63, 3.8) is 0 Å². The molecule has 29 heavy (non-hydrogen) atoms. The molecular formula is C23H27N3O3. The second-order valence-electron chi connectivity index (χ2n) is 8.02. The average Bonchev–Trinajstić information content (AvgIpc) is 3.22. The molecule has 1 saturated heterocycles. The van der Waals surface area contributed by atoms with Crippen molar-refractivity contribution < 1.29 is 14.6 Å². The van der Waals surface area contributed by atoms with Gasteiger partial charge in [0.25, 0.3) is 0 Å². The van der Waals surface area contributed by atoms with E-state index in [-0.39, 0.29) is 11.8 Å². The van der Waals surface area contributed by atoms with Crippen molar-refractivity contribution >= 4 is 5.71 Å². The first-order valence-corrected chi connectivity index (χ1v) is 10.4. The standard InChI is InChI=1S/C23H27N3O3/c1-3-25-12-10-23(11-13-25)26-19(17-6-4-5-7-21(17)29-23)15-18(24-26)16-8-9-20(27)22(14-16)28-2/h4-9,14,19,27H,3,10-13,15H2,1-2H3/t19-/m0/s1. The number of nitrogens with zero attached hydrogens (tertiary/aromatic N) is 3. The molecule has 0 unspecified atom stereocenters. The summed E-state index contributed by atoms with van der Waals surface area (Å²) in [7, 11) is 1.57. The number of benzene rings is 2. The molecule has 6 heteroatoms. The summed E-state index contributed by atoms with van der Waals surface area (Å²) in [5, 5.41) is 17.3. The molecule has 0 amide bonds. The van der Waals surface area contributed by atoms with E-state index in [0.717, 1.165) is 55.9 Å². The van der Waals surface area contributed by atoms with E-state index in [0.29, 0.717) is 5.75 Å². The molecule has 2 aromatic rings. The fraction of sp³-hybridized carbons (Fsp3) is 0.435. The van der Waals surface area contributed by atoms with Gasteiger partial charge in [0.1, 0.15) is 5.75 Å². The Morgan fingerprint density at radius 3 is 2.76 bits per heavy atom. The molecule has 6 nitrogen and oxygen atoms in total. The van der Waals surface area contributed by atoms with Crippen molar-refractivity contribution in [1.82, 2.24) is 9.91 Å². The number of phenols is 1. The topological polar surface area (TPSA) is 57.5 Å². The lowest BCUT2D eigenvalue weighted by Gasteiger charge is -2.51. The zero-order valence-electron chi connectivity index (χ0n) is 17.0. The Morgan fingerprint density at radius 2 is 2.00 bits per heavy atom. The second kappa shape index (κ2) is 6.95. The maximum Gasteiger partial charge on any atom is 0.200 e. The molecule has 1 fully saturated rings. The molecule has 0 bridgehead atoms. The smallest absolute Gasteiger partial charge is 0.200 e. The molecule has 0 saturated carbocycles. The SMILES string of the molecule is CCN1CCC2(CC1)Oc1ccccc1[C@@H]1CC(c3ccc(O)c(OC)c3)=NN12. The van der Waals surface area contributed by atoms with Crippen LogP contribution in [0.4, 0.5) is 0 Å². The highest BCUT2D eigenvalue weighted by molar-refractivity contribution is 6.02.